The number of amides is 2. The second-order valence-corrected chi connectivity index (χ2v) is 7.25. The number of hydrogen-bond acceptors (Lipinski definition) is 3. The summed E-state index contributed by atoms with van der Waals surface area (Å²) < 4.78 is 0. The third-order valence-corrected chi connectivity index (χ3v) is 3.46. The third kappa shape index (κ3) is 6.13. The average Bonchev–Trinajstić information content (AvgIpc) is 3.08. The van der Waals surface area contributed by atoms with Crippen molar-refractivity contribution in [3.8, 4) is 6.07 Å². The minimum absolute atomic E-state index is 0.0852. The molecule has 6 heteroatoms. The van der Waals surface area contributed by atoms with Gasteiger partial charge < -0.3 is 15.5 Å². The molecule has 0 aromatic carbocycles. The molecule has 3 N–H and O–H groups in total. The molecule has 1 fully saturated rings. The summed E-state index contributed by atoms with van der Waals surface area (Å²) in [6.07, 6.45) is 1.97. The normalized spacial score (nSPS) is 19.0. The van der Waals surface area contributed by atoms with Crippen LogP contribution in [0.25, 0.3) is 0 Å². The van der Waals surface area contributed by atoms with Crippen molar-refractivity contribution >= 4 is 11.8 Å². The first kappa shape index (κ1) is 17.4. The van der Waals surface area contributed by atoms with E-state index in [1.165, 1.54) is 0 Å². The molecular formula is C15H27N4O2+. The fraction of sp³-hybridized carbons (Fsp3) is 0.800. The van der Waals surface area contributed by atoms with E-state index >= 15 is 0 Å². The Morgan fingerprint density at radius 1 is 1.14 bits per heavy atom. The van der Waals surface area contributed by atoms with E-state index in [4.69, 9.17) is 0 Å². The topological polar surface area (TPSA) is 86.4 Å². The Kier molecular flexibility index (Phi) is 5.35. The largest absolute Gasteiger partial charge is 0.347 e. The number of nitrogens with one attached hydrogen (secondary N) is 3. The van der Waals surface area contributed by atoms with Crippen LogP contribution in [-0.2, 0) is 9.59 Å². The van der Waals surface area contributed by atoms with Gasteiger partial charge >= 0.3 is 0 Å². The van der Waals surface area contributed by atoms with Gasteiger partial charge in [-0.3, -0.25) is 9.59 Å². The smallest absolute Gasteiger partial charge is 0.276 e. The molecule has 2 atom stereocenters. The predicted molar refractivity (Wildman–Crippen MR) is 79.4 cm³/mol. The number of carbonyl (C=O) groups is 2. The van der Waals surface area contributed by atoms with Gasteiger partial charge in [-0.1, -0.05) is 0 Å². The Balaban J connectivity index is 2.40. The van der Waals surface area contributed by atoms with Gasteiger partial charge in [0.1, 0.15) is 5.54 Å². The molecule has 118 valence electrons. The lowest BCUT2D eigenvalue weighted by molar-refractivity contribution is -0.862. The maximum absolute atomic E-state index is 12.0. The highest BCUT2D eigenvalue weighted by molar-refractivity contribution is 5.80. The molecular weight excluding hydrogens is 268 g/mol. The van der Waals surface area contributed by atoms with Crippen molar-refractivity contribution in [3.63, 3.8) is 0 Å². The second-order valence-electron chi connectivity index (χ2n) is 7.25. The fourth-order valence-corrected chi connectivity index (χ4v) is 2.29. The average molecular weight is 295 g/mol. The van der Waals surface area contributed by atoms with Crippen LogP contribution in [0.1, 0.15) is 40.5 Å². The molecule has 21 heavy (non-hydrogen) atoms. The SMILES string of the molecule is C[NH+](CC(=O)NC(C)(C)C)CC(=O)N[C@@](C)(C#N)C1CC1. The van der Waals surface area contributed by atoms with Gasteiger partial charge in [0.15, 0.2) is 13.1 Å². The molecule has 1 unspecified atom stereocenters. The summed E-state index contributed by atoms with van der Waals surface area (Å²) in [4.78, 5) is 24.6. The van der Waals surface area contributed by atoms with E-state index in [9.17, 15) is 14.9 Å². The van der Waals surface area contributed by atoms with E-state index in [0.717, 1.165) is 17.7 Å². The minimum Gasteiger partial charge on any atom is -0.347 e. The molecule has 2 amide bonds. The molecule has 1 aliphatic carbocycles. The molecule has 0 aliphatic heterocycles. The van der Waals surface area contributed by atoms with Crippen molar-refractivity contribution in [2.24, 2.45) is 5.92 Å². The molecule has 0 spiro atoms. The van der Waals surface area contributed by atoms with Gasteiger partial charge in [-0.25, -0.2) is 0 Å². The van der Waals surface area contributed by atoms with Crippen molar-refractivity contribution in [2.45, 2.75) is 51.6 Å². The molecule has 1 saturated carbocycles. The molecule has 1 rings (SSSR count). The summed E-state index contributed by atoms with van der Waals surface area (Å²) in [6, 6.07) is 2.20. The van der Waals surface area contributed by atoms with E-state index in [-0.39, 0.29) is 36.4 Å². The van der Waals surface area contributed by atoms with Crippen LogP contribution in [0.3, 0.4) is 0 Å². The Bertz CT molecular complexity index is 446. The zero-order chi connectivity index (χ0) is 16.3. The second kappa shape index (κ2) is 6.44. The van der Waals surface area contributed by atoms with E-state index in [1.54, 1.807) is 14.0 Å². The molecule has 0 bridgehead atoms. The highest BCUT2D eigenvalue weighted by Crippen LogP contribution is 2.38. The number of rotatable bonds is 6. The van der Waals surface area contributed by atoms with Crippen molar-refractivity contribution in [3.05, 3.63) is 0 Å². The lowest BCUT2D eigenvalue weighted by atomic mass is 9.98. The maximum Gasteiger partial charge on any atom is 0.276 e. The van der Waals surface area contributed by atoms with E-state index in [1.807, 2.05) is 20.8 Å². The van der Waals surface area contributed by atoms with Gasteiger partial charge in [0.25, 0.3) is 11.8 Å². The lowest BCUT2D eigenvalue weighted by Gasteiger charge is -2.24. The van der Waals surface area contributed by atoms with Crippen LogP contribution in [0.15, 0.2) is 0 Å². The van der Waals surface area contributed by atoms with Crippen LogP contribution in [0.2, 0.25) is 0 Å². The standard InChI is InChI=1S/C15H26N4O2/c1-14(2,3)17-12(20)8-19(5)9-13(21)18-15(4,10-16)11-6-7-11/h11H,6-9H2,1-5H3,(H,17,20)(H,18,21)/p+1/t15-/m0/s1. The van der Waals surface area contributed by atoms with Crippen LogP contribution in [0, 0.1) is 17.2 Å². The Labute approximate surface area is 126 Å². The molecule has 1 aliphatic rings. The monoisotopic (exact) mass is 295 g/mol. The number of nitrogens with zero attached hydrogens (tertiary/aromatic N) is 1. The summed E-state index contributed by atoms with van der Waals surface area (Å²) >= 11 is 0. The van der Waals surface area contributed by atoms with Gasteiger partial charge in [0, 0.05) is 5.54 Å². The molecule has 0 heterocycles. The van der Waals surface area contributed by atoms with E-state index < -0.39 is 5.54 Å². The van der Waals surface area contributed by atoms with Crippen LogP contribution in [0.5, 0.6) is 0 Å². The number of nitriles is 1. The van der Waals surface area contributed by atoms with Crippen LogP contribution >= 0.6 is 0 Å². The Hall–Kier alpha value is -1.61. The van der Waals surface area contributed by atoms with Gasteiger partial charge in [-0.15, -0.1) is 0 Å². The first-order chi connectivity index (χ1) is 9.55. The van der Waals surface area contributed by atoms with Crippen LogP contribution in [-0.4, -0.2) is 43.0 Å². The molecule has 0 radical (unpaired) electrons. The van der Waals surface area contributed by atoms with Crippen molar-refractivity contribution in [2.75, 3.05) is 20.1 Å². The zero-order valence-corrected chi connectivity index (χ0v) is 13.7. The van der Waals surface area contributed by atoms with Crippen LogP contribution in [0.4, 0.5) is 0 Å². The fourth-order valence-electron chi connectivity index (χ4n) is 2.29. The van der Waals surface area contributed by atoms with Gasteiger partial charge in [0.05, 0.1) is 13.1 Å². The maximum atomic E-state index is 12.0. The molecule has 0 aromatic heterocycles. The summed E-state index contributed by atoms with van der Waals surface area (Å²) in [6.45, 7) is 7.94. The number of quaternary nitrogens is 1. The van der Waals surface area contributed by atoms with Gasteiger partial charge in [-0.05, 0) is 46.5 Å². The number of likely N-dealkylation sites (N-methyl/N-ethyl adjacent to an activating group) is 1. The molecule has 6 nitrogen and oxygen atoms in total. The van der Waals surface area contributed by atoms with Crippen molar-refractivity contribution in [1.29, 1.82) is 5.26 Å². The van der Waals surface area contributed by atoms with Crippen molar-refractivity contribution < 1.29 is 14.5 Å². The highest BCUT2D eigenvalue weighted by atomic mass is 16.2. The third-order valence-electron chi connectivity index (χ3n) is 3.46. The molecule has 0 saturated heterocycles. The predicted octanol–water partition coefficient (Wildman–Crippen LogP) is -0.776. The zero-order valence-electron chi connectivity index (χ0n) is 13.7. The summed E-state index contributed by atoms with van der Waals surface area (Å²) in [7, 11) is 1.79. The first-order valence-electron chi connectivity index (χ1n) is 7.40. The van der Waals surface area contributed by atoms with Gasteiger partial charge in [0.2, 0.25) is 0 Å². The Morgan fingerprint density at radius 3 is 2.00 bits per heavy atom. The summed E-state index contributed by atoms with van der Waals surface area (Å²) in [5.74, 6) is -0.0130. The summed E-state index contributed by atoms with van der Waals surface area (Å²) in [5, 5.41) is 14.9. The number of hydrogen-bond donors (Lipinski definition) is 3. The Morgan fingerprint density at radius 2 is 1.62 bits per heavy atom. The first-order valence-corrected chi connectivity index (χ1v) is 7.40. The van der Waals surface area contributed by atoms with Crippen LogP contribution < -0.4 is 15.5 Å². The minimum atomic E-state index is -0.773. The van der Waals surface area contributed by atoms with E-state index in [2.05, 4.69) is 16.7 Å². The van der Waals surface area contributed by atoms with Crippen molar-refractivity contribution in [1.82, 2.24) is 10.6 Å². The highest BCUT2D eigenvalue weighted by Gasteiger charge is 2.43. The summed E-state index contributed by atoms with van der Waals surface area (Å²) in [5.41, 5.74) is -1.05. The number of carbonyl (C=O) groups excluding carboxylic acids is 2. The molecule has 0 aromatic rings. The van der Waals surface area contributed by atoms with E-state index in [0.29, 0.717) is 0 Å². The quantitative estimate of drug-likeness (QED) is 0.601. The van der Waals surface area contributed by atoms with Gasteiger partial charge in [-0.2, -0.15) is 5.26 Å². The lowest BCUT2D eigenvalue weighted by Crippen LogP contribution is -3.11.